The largest absolute Gasteiger partial charge is 0.497 e. The maximum Gasteiger partial charge on any atom is 0.196 e. The summed E-state index contributed by atoms with van der Waals surface area (Å²) in [7, 11) is 4.92. The van der Waals surface area contributed by atoms with Gasteiger partial charge in [0.1, 0.15) is 5.75 Å². The third-order valence-corrected chi connectivity index (χ3v) is 5.79. The van der Waals surface area contributed by atoms with E-state index in [0.29, 0.717) is 11.5 Å². The van der Waals surface area contributed by atoms with Gasteiger partial charge in [-0.15, -0.1) is 10.2 Å². The molecule has 0 N–H and O–H groups in total. The van der Waals surface area contributed by atoms with Crippen LogP contribution in [0.5, 0.6) is 17.2 Å². The Morgan fingerprint density at radius 3 is 2.32 bits per heavy atom. The van der Waals surface area contributed by atoms with Crippen LogP contribution in [-0.2, 0) is 5.75 Å². The van der Waals surface area contributed by atoms with Crippen molar-refractivity contribution in [3.63, 3.8) is 0 Å². The molecule has 0 amide bonds. The van der Waals surface area contributed by atoms with Crippen molar-refractivity contribution in [2.45, 2.75) is 10.9 Å². The first-order chi connectivity index (χ1) is 15.2. The first kappa shape index (κ1) is 20.8. The molecule has 0 saturated carbocycles. The number of para-hydroxylation sites is 1. The lowest BCUT2D eigenvalue weighted by Gasteiger charge is -2.12. The van der Waals surface area contributed by atoms with E-state index >= 15 is 0 Å². The molecular formula is C24H23N3O3S. The second-order valence-corrected chi connectivity index (χ2v) is 7.63. The van der Waals surface area contributed by atoms with E-state index in [1.807, 2.05) is 66.7 Å². The molecule has 0 aliphatic carbocycles. The molecule has 0 fully saturated rings. The van der Waals surface area contributed by atoms with Gasteiger partial charge in [-0.1, -0.05) is 42.1 Å². The SMILES string of the molecule is COc1cccc(CSc2nnc(-c3ccc(OC)c(OC)c3)n2-c2ccccc2)c1. The molecule has 0 bridgehead atoms. The van der Waals surface area contributed by atoms with Gasteiger partial charge in [0.05, 0.1) is 21.3 Å². The van der Waals surface area contributed by atoms with Crippen LogP contribution in [0, 0.1) is 0 Å². The van der Waals surface area contributed by atoms with Gasteiger partial charge in [0.2, 0.25) is 0 Å². The molecule has 158 valence electrons. The van der Waals surface area contributed by atoms with Crippen molar-refractivity contribution in [2.24, 2.45) is 0 Å². The molecule has 1 aromatic heterocycles. The first-order valence-electron chi connectivity index (χ1n) is 9.72. The monoisotopic (exact) mass is 433 g/mol. The number of thioether (sulfide) groups is 1. The van der Waals surface area contributed by atoms with Gasteiger partial charge in [0.25, 0.3) is 0 Å². The topological polar surface area (TPSA) is 58.4 Å². The molecule has 0 saturated heterocycles. The van der Waals surface area contributed by atoms with Gasteiger partial charge in [-0.2, -0.15) is 0 Å². The molecule has 6 nitrogen and oxygen atoms in total. The average molecular weight is 434 g/mol. The summed E-state index contributed by atoms with van der Waals surface area (Å²) in [5.74, 6) is 3.64. The van der Waals surface area contributed by atoms with Gasteiger partial charge < -0.3 is 14.2 Å². The van der Waals surface area contributed by atoms with Gasteiger partial charge in [-0.25, -0.2) is 0 Å². The molecule has 4 aromatic rings. The number of benzene rings is 3. The summed E-state index contributed by atoms with van der Waals surface area (Å²) < 4.78 is 18.2. The lowest BCUT2D eigenvalue weighted by Crippen LogP contribution is -2.00. The summed E-state index contributed by atoms with van der Waals surface area (Å²) >= 11 is 1.63. The summed E-state index contributed by atoms with van der Waals surface area (Å²) in [6, 6.07) is 23.9. The second-order valence-electron chi connectivity index (χ2n) is 6.69. The van der Waals surface area contributed by atoms with E-state index in [2.05, 4.69) is 20.8 Å². The quantitative estimate of drug-likeness (QED) is 0.354. The Hall–Kier alpha value is -3.45. The molecule has 7 heteroatoms. The molecule has 0 radical (unpaired) electrons. The Kier molecular flexibility index (Phi) is 6.43. The van der Waals surface area contributed by atoms with E-state index in [1.54, 1.807) is 33.1 Å². The van der Waals surface area contributed by atoms with Gasteiger partial charge in [-0.3, -0.25) is 4.57 Å². The normalized spacial score (nSPS) is 10.7. The summed E-state index contributed by atoms with van der Waals surface area (Å²) in [5, 5.41) is 9.81. The minimum Gasteiger partial charge on any atom is -0.497 e. The van der Waals surface area contributed by atoms with Crippen molar-refractivity contribution >= 4 is 11.8 Å². The minimum atomic E-state index is 0.646. The molecule has 4 rings (SSSR count). The molecule has 31 heavy (non-hydrogen) atoms. The maximum atomic E-state index is 5.48. The molecule has 1 heterocycles. The molecule has 0 aliphatic heterocycles. The van der Waals surface area contributed by atoms with Crippen LogP contribution in [-0.4, -0.2) is 36.1 Å². The van der Waals surface area contributed by atoms with Crippen molar-refractivity contribution < 1.29 is 14.2 Å². The lowest BCUT2D eigenvalue weighted by molar-refractivity contribution is 0.355. The molecule has 0 unspecified atom stereocenters. The summed E-state index contributed by atoms with van der Waals surface area (Å²) in [6.45, 7) is 0. The summed E-state index contributed by atoms with van der Waals surface area (Å²) in [5.41, 5.74) is 3.03. The van der Waals surface area contributed by atoms with Crippen molar-refractivity contribution in [2.75, 3.05) is 21.3 Å². The Balaban J connectivity index is 1.73. The van der Waals surface area contributed by atoms with Gasteiger partial charge in [-0.05, 0) is 48.0 Å². The van der Waals surface area contributed by atoms with E-state index in [0.717, 1.165) is 39.3 Å². The predicted molar refractivity (Wildman–Crippen MR) is 122 cm³/mol. The van der Waals surface area contributed by atoms with Crippen LogP contribution >= 0.6 is 11.8 Å². The Morgan fingerprint density at radius 1 is 0.774 bits per heavy atom. The van der Waals surface area contributed by atoms with Crippen LogP contribution in [0.15, 0.2) is 78.0 Å². The molecule has 3 aromatic carbocycles. The number of rotatable bonds is 8. The number of ether oxygens (including phenoxy) is 3. The highest BCUT2D eigenvalue weighted by atomic mass is 32.2. The van der Waals surface area contributed by atoms with Crippen molar-refractivity contribution in [1.82, 2.24) is 14.8 Å². The zero-order valence-electron chi connectivity index (χ0n) is 17.6. The van der Waals surface area contributed by atoms with E-state index in [1.165, 1.54) is 0 Å². The lowest BCUT2D eigenvalue weighted by atomic mass is 10.2. The fourth-order valence-corrected chi connectivity index (χ4v) is 4.14. The second kappa shape index (κ2) is 9.57. The van der Waals surface area contributed by atoms with Crippen LogP contribution in [0.1, 0.15) is 5.56 Å². The highest BCUT2D eigenvalue weighted by Crippen LogP contribution is 2.35. The predicted octanol–water partition coefficient (Wildman–Crippen LogP) is 5.25. The Labute approximate surface area is 185 Å². The van der Waals surface area contributed by atoms with Crippen LogP contribution in [0.25, 0.3) is 17.1 Å². The average Bonchev–Trinajstić information content (AvgIpc) is 3.27. The third-order valence-electron chi connectivity index (χ3n) is 4.79. The van der Waals surface area contributed by atoms with E-state index in [9.17, 15) is 0 Å². The number of aromatic nitrogens is 3. The number of nitrogens with zero attached hydrogens (tertiary/aromatic N) is 3. The smallest absolute Gasteiger partial charge is 0.196 e. The van der Waals surface area contributed by atoms with Crippen LogP contribution in [0.3, 0.4) is 0 Å². The fraction of sp³-hybridized carbons (Fsp3) is 0.167. The zero-order chi connectivity index (χ0) is 21.6. The van der Waals surface area contributed by atoms with Gasteiger partial charge in [0.15, 0.2) is 22.5 Å². The van der Waals surface area contributed by atoms with Gasteiger partial charge in [0, 0.05) is 17.0 Å². The summed E-state index contributed by atoms with van der Waals surface area (Å²) in [4.78, 5) is 0. The highest BCUT2D eigenvalue weighted by Gasteiger charge is 2.18. The standard InChI is InChI=1S/C24H23N3O3S/c1-28-20-11-7-8-17(14-20)16-31-24-26-25-23(27(24)19-9-5-4-6-10-19)18-12-13-21(29-2)22(15-18)30-3/h4-15H,16H2,1-3H3. The number of hydrogen-bond donors (Lipinski definition) is 0. The zero-order valence-corrected chi connectivity index (χ0v) is 18.4. The molecular weight excluding hydrogens is 410 g/mol. The van der Waals surface area contributed by atoms with Crippen molar-refractivity contribution in [1.29, 1.82) is 0 Å². The first-order valence-corrected chi connectivity index (χ1v) is 10.7. The van der Waals surface area contributed by atoms with Crippen LogP contribution in [0.2, 0.25) is 0 Å². The van der Waals surface area contributed by atoms with Crippen molar-refractivity contribution in [3.05, 3.63) is 78.4 Å². The fourth-order valence-electron chi connectivity index (χ4n) is 3.25. The molecule has 0 spiro atoms. The number of methoxy groups -OCH3 is 3. The Bertz CT molecular complexity index is 1160. The van der Waals surface area contributed by atoms with Crippen molar-refractivity contribution in [3.8, 4) is 34.3 Å². The minimum absolute atomic E-state index is 0.646. The van der Waals surface area contributed by atoms with Gasteiger partial charge >= 0.3 is 0 Å². The molecule has 0 aliphatic rings. The third kappa shape index (κ3) is 4.51. The molecule has 0 atom stereocenters. The maximum absolute atomic E-state index is 5.48. The number of hydrogen-bond acceptors (Lipinski definition) is 6. The van der Waals surface area contributed by atoms with E-state index in [-0.39, 0.29) is 0 Å². The summed E-state index contributed by atoms with van der Waals surface area (Å²) in [6.07, 6.45) is 0. The highest BCUT2D eigenvalue weighted by molar-refractivity contribution is 7.98. The van der Waals surface area contributed by atoms with Crippen LogP contribution in [0.4, 0.5) is 0 Å². The Morgan fingerprint density at radius 2 is 1.58 bits per heavy atom. The van der Waals surface area contributed by atoms with Crippen LogP contribution < -0.4 is 14.2 Å². The van der Waals surface area contributed by atoms with E-state index in [4.69, 9.17) is 14.2 Å². The van der Waals surface area contributed by atoms with E-state index < -0.39 is 0 Å².